The predicted molar refractivity (Wildman–Crippen MR) is 67.4 cm³/mol. The number of likely N-dealkylation sites (N-methyl/N-ethyl adjacent to an activating group) is 1. The number of nitrogens with one attached hydrogen (secondary N) is 1. The quantitative estimate of drug-likeness (QED) is 0.751. The fraction of sp³-hybridized carbons (Fsp3) is 0.923. The molecule has 16 heavy (non-hydrogen) atoms. The summed E-state index contributed by atoms with van der Waals surface area (Å²) in [7, 11) is 1.92. The van der Waals surface area contributed by atoms with E-state index in [1.165, 1.54) is 32.1 Å². The molecule has 1 rings (SSSR count). The molecule has 0 aromatic heterocycles. The second kappa shape index (κ2) is 6.89. The summed E-state index contributed by atoms with van der Waals surface area (Å²) in [6.07, 6.45) is 6.69. The summed E-state index contributed by atoms with van der Waals surface area (Å²) in [5.41, 5.74) is 0. The molecule has 0 heterocycles. The summed E-state index contributed by atoms with van der Waals surface area (Å²) >= 11 is 0. The van der Waals surface area contributed by atoms with Gasteiger partial charge in [-0.2, -0.15) is 0 Å². The third-order valence-electron chi connectivity index (χ3n) is 3.43. The molecular weight excluding hydrogens is 200 g/mol. The van der Waals surface area contributed by atoms with Crippen LogP contribution in [0.3, 0.4) is 0 Å². The minimum Gasteiger partial charge on any atom is -0.345 e. The molecular formula is C13H26N2O. The molecule has 0 unspecified atom stereocenters. The van der Waals surface area contributed by atoms with Gasteiger partial charge in [-0.3, -0.25) is 4.79 Å². The minimum atomic E-state index is 0.215. The maximum absolute atomic E-state index is 11.7. The van der Waals surface area contributed by atoms with Crippen LogP contribution in [0.2, 0.25) is 0 Å². The molecule has 0 aromatic rings. The molecule has 3 heteroatoms. The lowest BCUT2D eigenvalue weighted by Crippen LogP contribution is -2.38. The maximum Gasteiger partial charge on any atom is 0.236 e. The summed E-state index contributed by atoms with van der Waals surface area (Å²) in [6, 6.07) is 0.382. The average Bonchev–Trinajstić information content (AvgIpc) is 2.75. The highest BCUT2D eigenvalue weighted by Gasteiger charge is 2.16. The van der Waals surface area contributed by atoms with Crippen molar-refractivity contribution >= 4 is 5.91 Å². The van der Waals surface area contributed by atoms with Crippen molar-refractivity contribution in [2.75, 3.05) is 20.1 Å². The highest BCUT2D eigenvalue weighted by Crippen LogP contribution is 2.27. The maximum atomic E-state index is 11.7. The molecule has 0 radical (unpaired) electrons. The van der Waals surface area contributed by atoms with E-state index in [0.29, 0.717) is 12.6 Å². The SMILES string of the molecule is CC(C)NCC(=O)N(C)CCC1CCCC1. The molecule has 3 nitrogen and oxygen atoms in total. The van der Waals surface area contributed by atoms with E-state index in [2.05, 4.69) is 19.2 Å². The first kappa shape index (κ1) is 13.5. The highest BCUT2D eigenvalue weighted by molar-refractivity contribution is 5.77. The van der Waals surface area contributed by atoms with Gasteiger partial charge in [0.05, 0.1) is 6.54 Å². The molecule has 1 aliphatic carbocycles. The van der Waals surface area contributed by atoms with E-state index >= 15 is 0 Å². The fourth-order valence-corrected chi connectivity index (χ4v) is 2.23. The van der Waals surface area contributed by atoms with Crippen LogP contribution < -0.4 is 5.32 Å². The summed E-state index contributed by atoms with van der Waals surface area (Å²) < 4.78 is 0. The minimum absolute atomic E-state index is 0.215. The first-order valence-electron chi connectivity index (χ1n) is 6.57. The van der Waals surface area contributed by atoms with Crippen LogP contribution in [-0.4, -0.2) is 37.0 Å². The van der Waals surface area contributed by atoms with Crippen molar-refractivity contribution in [1.29, 1.82) is 0 Å². The number of nitrogens with zero attached hydrogens (tertiary/aromatic N) is 1. The number of rotatable bonds is 6. The molecule has 0 aromatic carbocycles. The molecule has 1 aliphatic rings. The summed E-state index contributed by atoms with van der Waals surface area (Å²) in [5.74, 6) is 1.08. The van der Waals surface area contributed by atoms with Gasteiger partial charge in [0.15, 0.2) is 0 Å². The Kier molecular flexibility index (Phi) is 5.81. The first-order valence-corrected chi connectivity index (χ1v) is 6.57. The van der Waals surface area contributed by atoms with Crippen LogP contribution in [-0.2, 0) is 4.79 Å². The van der Waals surface area contributed by atoms with Gasteiger partial charge < -0.3 is 10.2 Å². The third-order valence-corrected chi connectivity index (χ3v) is 3.43. The van der Waals surface area contributed by atoms with E-state index in [9.17, 15) is 4.79 Å². The van der Waals surface area contributed by atoms with Gasteiger partial charge in [0, 0.05) is 19.6 Å². The van der Waals surface area contributed by atoms with Crippen molar-refractivity contribution in [3.05, 3.63) is 0 Å². The second-order valence-corrected chi connectivity index (χ2v) is 5.29. The van der Waals surface area contributed by atoms with E-state index in [4.69, 9.17) is 0 Å². The Balaban J connectivity index is 2.12. The molecule has 0 saturated heterocycles. The van der Waals surface area contributed by atoms with Crippen LogP contribution in [0.4, 0.5) is 0 Å². The summed E-state index contributed by atoms with van der Waals surface area (Å²) in [6.45, 7) is 5.51. The third kappa shape index (κ3) is 4.97. The monoisotopic (exact) mass is 226 g/mol. The lowest BCUT2D eigenvalue weighted by Gasteiger charge is -2.20. The molecule has 1 fully saturated rings. The van der Waals surface area contributed by atoms with Crippen molar-refractivity contribution in [3.8, 4) is 0 Å². The van der Waals surface area contributed by atoms with Crippen LogP contribution in [0.15, 0.2) is 0 Å². The summed E-state index contributed by atoms with van der Waals surface area (Å²) in [5, 5.41) is 3.16. The molecule has 0 atom stereocenters. The molecule has 1 N–H and O–H groups in total. The van der Waals surface area contributed by atoms with Crippen molar-refractivity contribution in [2.45, 2.75) is 52.0 Å². The highest BCUT2D eigenvalue weighted by atomic mass is 16.2. The molecule has 0 spiro atoms. The largest absolute Gasteiger partial charge is 0.345 e. The number of amides is 1. The van der Waals surface area contributed by atoms with Crippen LogP contribution in [0, 0.1) is 5.92 Å². The zero-order chi connectivity index (χ0) is 12.0. The molecule has 0 aliphatic heterocycles. The van der Waals surface area contributed by atoms with E-state index in [0.717, 1.165) is 12.5 Å². The van der Waals surface area contributed by atoms with Gasteiger partial charge in [-0.05, 0) is 12.3 Å². The standard InChI is InChI=1S/C13H26N2O/c1-11(2)14-10-13(16)15(3)9-8-12-6-4-5-7-12/h11-12,14H,4-10H2,1-3H3. The lowest BCUT2D eigenvalue weighted by molar-refractivity contribution is -0.129. The fourth-order valence-electron chi connectivity index (χ4n) is 2.23. The Labute approximate surface area is 99.6 Å². The zero-order valence-corrected chi connectivity index (χ0v) is 11.0. The van der Waals surface area contributed by atoms with Gasteiger partial charge in [-0.25, -0.2) is 0 Å². The van der Waals surface area contributed by atoms with Crippen LogP contribution in [0.25, 0.3) is 0 Å². The van der Waals surface area contributed by atoms with Gasteiger partial charge in [0.2, 0.25) is 5.91 Å². The second-order valence-electron chi connectivity index (χ2n) is 5.29. The Bertz CT molecular complexity index is 210. The number of hydrogen-bond donors (Lipinski definition) is 1. The normalized spacial score (nSPS) is 17.0. The lowest BCUT2D eigenvalue weighted by atomic mass is 10.0. The Hall–Kier alpha value is -0.570. The van der Waals surface area contributed by atoms with Crippen LogP contribution in [0.1, 0.15) is 46.0 Å². The Morgan fingerprint density at radius 1 is 1.38 bits per heavy atom. The smallest absolute Gasteiger partial charge is 0.236 e. The van der Waals surface area contributed by atoms with Crippen LogP contribution in [0.5, 0.6) is 0 Å². The van der Waals surface area contributed by atoms with Gasteiger partial charge in [-0.15, -0.1) is 0 Å². The molecule has 1 amide bonds. The van der Waals surface area contributed by atoms with Crippen molar-refractivity contribution in [3.63, 3.8) is 0 Å². The molecule has 94 valence electrons. The van der Waals surface area contributed by atoms with E-state index in [1.54, 1.807) is 0 Å². The summed E-state index contributed by atoms with van der Waals surface area (Å²) in [4.78, 5) is 13.6. The van der Waals surface area contributed by atoms with Crippen LogP contribution >= 0.6 is 0 Å². The zero-order valence-electron chi connectivity index (χ0n) is 11.0. The number of carbonyl (C=O) groups excluding carboxylic acids is 1. The van der Waals surface area contributed by atoms with Gasteiger partial charge >= 0.3 is 0 Å². The molecule has 0 bridgehead atoms. The number of carbonyl (C=O) groups is 1. The predicted octanol–water partition coefficient (Wildman–Crippen LogP) is 2.02. The van der Waals surface area contributed by atoms with E-state index in [-0.39, 0.29) is 5.91 Å². The van der Waals surface area contributed by atoms with Gasteiger partial charge in [0.25, 0.3) is 0 Å². The van der Waals surface area contributed by atoms with Crippen molar-refractivity contribution < 1.29 is 4.79 Å². The Morgan fingerprint density at radius 3 is 2.56 bits per heavy atom. The number of hydrogen-bond acceptors (Lipinski definition) is 2. The van der Waals surface area contributed by atoms with Gasteiger partial charge in [-0.1, -0.05) is 39.5 Å². The average molecular weight is 226 g/mol. The van der Waals surface area contributed by atoms with Crippen molar-refractivity contribution in [2.24, 2.45) is 5.92 Å². The van der Waals surface area contributed by atoms with E-state index in [1.807, 2.05) is 11.9 Å². The molecule has 1 saturated carbocycles. The topological polar surface area (TPSA) is 32.3 Å². The van der Waals surface area contributed by atoms with Crippen molar-refractivity contribution in [1.82, 2.24) is 10.2 Å². The van der Waals surface area contributed by atoms with E-state index < -0.39 is 0 Å². The first-order chi connectivity index (χ1) is 7.59. The van der Waals surface area contributed by atoms with Gasteiger partial charge in [0.1, 0.15) is 0 Å². The Morgan fingerprint density at radius 2 is 2.00 bits per heavy atom.